The Morgan fingerprint density at radius 2 is 2.25 bits per heavy atom. The number of ether oxygens (including phenoxy) is 1. The number of nitrogens with zero attached hydrogens (tertiary/aromatic N) is 1. The molecule has 3 atom stereocenters. The molecule has 114 valence electrons. The van der Waals surface area contributed by atoms with Gasteiger partial charge in [0.05, 0.1) is 18.8 Å². The van der Waals surface area contributed by atoms with Crippen molar-refractivity contribution >= 4 is 5.91 Å². The van der Waals surface area contributed by atoms with E-state index in [1.54, 1.807) is 0 Å². The van der Waals surface area contributed by atoms with Gasteiger partial charge in [0, 0.05) is 24.7 Å². The third-order valence-corrected chi connectivity index (χ3v) is 5.23. The van der Waals surface area contributed by atoms with Crippen LogP contribution in [-0.4, -0.2) is 54.2 Å². The van der Waals surface area contributed by atoms with Crippen LogP contribution in [-0.2, 0) is 9.53 Å². The van der Waals surface area contributed by atoms with E-state index in [0.717, 1.165) is 45.4 Å². The standard InChI is InChI=1S/C15H27N3O2/c1-2-12-10-20-8-7-18(12)13-5-6-15(9-13,14(16)19)17-11-3-4-11/h11-13,17H,2-10H2,1H3,(H2,16,19). The van der Waals surface area contributed by atoms with E-state index in [0.29, 0.717) is 18.1 Å². The molecule has 3 aliphatic rings. The van der Waals surface area contributed by atoms with Crippen LogP contribution < -0.4 is 11.1 Å². The first kappa shape index (κ1) is 14.3. The zero-order valence-corrected chi connectivity index (χ0v) is 12.4. The van der Waals surface area contributed by atoms with Crippen LogP contribution in [0.15, 0.2) is 0 Å². The van der Waals surface area contributed by atoms with Crippen molar-refractivity contribution < 1.29 is 9.53 Å². The van der Waals surface area contributed by atoms with Gasteiger partial charge in [0.15, 0.2) is 0 Å². The maximum absolute atomic E-state index is 12.0. The monoisotopic (exact) mass is 281 g/mol. The first-order valence-electron chi connectivity index (χ1n) is 8.06. The molecule has 0 aromatic rings. The number of nitrogens with two attached hydrogens (primary N) is 1. The minimum Gasteiger partial charge on any atom is -0.378 e. The number of morpholine rings is 1. The van der Waals surface area contributed by atoms with E-state index in [4.69, 9.17) is 10.5 Å². The largest absolute Gasteiger partial charge is 0.378 e. The van der Waals surface area contributed by atoms with Crippen molar-refractivity contribution in [2.45, 2.75) is 69.1 Å². The second-order valence-corrected chi connectivity index (χ2v) is 6.64. The molecule has 1 amide bonds. The van der Waals surface area contributed by atoms with Crippen molar-refractivity contribution in [3.05, 3.63) is 0 Å². The maximum atomic E-state index is 12.0. The summed E-state index contributed by atoms with van der Waals surface area (Å²) in [5.74, 6) is -0.159. The zero-order chi connectivity index (χ0) is 14.2. The molecule has 0 spiro atoms. The predicted octanol–water partition coefficient (Wildman–Crippen LogP) is 0.626. The third kappa shape index (κ3) is 2.71. The number of amides is 1. The van der Waals surface area contributed by atoms with Crippen LogP contribution >= 0.6 is 0 Å². The molecule has 3 unspecified atom stereocenters. The maximum Gasteiger partial charge on any atom is 0.237 e. The van der Waals surface area contributed by atoms with Crippen LogP contribution in [0.4, 0.5) is 0 Å². The lowest BCUT2D eigenvalue weighted by molar-refractivity contribution is -0.124. The molecule has 0 aromatic carbocycles. The SMILES string of the molecule is CCC1COCCN1C1CCC(NC2CC2)(C(N)=O)C1. The summed E-state index contributed by atoms with van der Waals surface area (Å²) < 4.78 is 5.59. The van der Waals surface area contributed by atoms with Crippen LogP contribution in [0.3, 0.4) is 0 Å². The minimum atomic E-state index is -0.456. The molecular weight excluding hydrogens is 254 g/mol. The Morgan fingerprint density at radius 1 is 1.45 bits per heavy atom. The van der Waals surface area contributed by atoms with E-state index < -0.39 is 5.54 Å². The Labute approximate surface area is 121 Å². The summed E-state index contributed by atoms with van der Waals surface area (Å²) in [7, 11) is 0. The highest BCUT2D eigenvalue weighted by Gasteiger charge is 2.48. The normalized spacial score (nSPS) is 39.0. The summed E-state index contributed by atoms with van der Waals surface area (Å²) in [6.45, 7) is 4.84. The van der Waals surface area contributed by atoms with Gasteiger partial charge < -0.3 is 15.8 Å². The van der Waals surface area contributed by atoms with Crippen LogP contribution in [0.1, 0.15) is 45.4 Å². The highest BCUT2D eigenvalue weighted by Crippen LogP contribution is 2.37. The molecule has 3 fully saturated rings. The van der Waals surface area contributed by atoms with E-state index in [1.807, 2.05) is 0 Å². The molecule has 3 rings (SSSR count). The number of hydrogen-bond acceptors (Lipinski definition) is 4. The van der Waals surface area contributed by atoms with E-state index in [1.165, 1.54) is 12.8 Å². The topological polar surface area (TPSA) is 67.6 Å². The Hall–Kier alpha value is -0.650. The van der Waals surface area contributed by atoms with Gasteiger partial charge >= 0.3 is 0 Å². The first-order chi connectivity index (χ1) is 9.64. The molecule has 1 heterocycles. The average Bonchev–Trinajstić information content (AvgIpc) is 3.15. The molecular formula is C15H27N3O2. The predicted molar refractivity (Wildman–Crippen MR) is 77.3 cm³/mol. The van der Waals surface area contributed by atoms with Crippen LogP contribution in [0.25, 0.3) is 0 Å². The van der Waals surface area contributed by atoms with Gasteiger partial charge in [-0.15, -0.1) is 0 Å². The van der Waals surface area contributed by atoms with Crippen LogP contribution in [0, 0.1) is 0 Å². The summed E-state index contributed by atoms with van der Waals surface area (Å²) in [6.07, 6.45) is 6.31. The summed E-state index contributed by atoms with van der Waals surface area (Å²) >= 11 is 0. The molecule has 0 aromatic heterocycles. The molecule has 0 radical (unpaired) electrons. The van der Waals surface area contributed by atoms with Crippen molar-refractivity contribution in [2.75, 3.05) is 19.8 Å². The van der Waals surface area contributed by atoms with Crippen molar-refractivity contribution in [3.63, 3.8) is 0 Å². The summed E-state index contributed by atoms with van der Waals surface area (Å²) in [6, 6.07) is 1.49. The van der Waals surface area contributed by atoms with Gasteiger partial charge in [0.1, 0.15) is 0 Å². The van der Waals surface area contributed by atoms with E-state index in [-0.39, 0.29) is 5.91 Å². The van der Waals surface area contributed by atoms with E-state index in [2.05, 4.69) is 17.1 Å². The molecule has 5 heteroatoms. The quantitative estimate of drug-likeness (QED) is 0.775. The average molecular weight is 281 g/mol. The van der Waals surface area contributed by atoms with E-state index in [9.17, 15) is 4.79 Å². The Morgan fingerprint density at radius 3 is 2.90 bits per heavy atom. The van der Waals surface area contributed by atoms with E-state index >= 15 is 0 Å². The molecule has 3 N–H and O–H groups in total. The Balaban J connectivity index is 1.68. The van der Waals surface area contributed by atoms with Crippen molar-refractivity contribution in [1.29, 1.82) is 0 Å². The number of primary amides is 1. The highest BCUT2D eigenvalue weighted by molar-refractivity contribution is 5.85. The number of carbonyl (C=O) groups is 1. The molecule has 1 aliphatic heterocycles. The van der Waals surface area contributed by atoms with Gasteiger partial charge in [-0.25, -0.2) is 0 Å². The van der Waals surface area contributed by atoms with Gasteiger partial charge in [0.2, 0.25) is 5.91 Å². The smallest absolute Gasteiger partial charge is 0.237 e. The van der Waals surface area contributed by atoms with Gasteiger partial charge in [-0.05, 0) is 38.5 Å². The summed E-state index contributed by atoms with van der Waals surface area (Å²) in [5, 5.41) is 3.54. The molecule has 0 bridgehead atoms. The summed E-state index contributed by atoms with van der Waals surface area (Å²) in [4.78, 5) is 14.5. The second kappa shape index (κ2) is 5.62. The molecule has 5 nitrogen and oxygen atoms in total. The first-order valence-corrected chi connectivity index (χ1v) is 8.06. The minimum absolute atomic E-state index is 0.159. The number of rotatable bonds is 5. The van der Waals surface area contributed by atoms with Crippen molar-refractivity contribution in [3.8, 4) is 0 Å². The molecule has 2 aliphatic carbocycles. The van der Waals surface area contributed by atoms with Gasteiger partial charge in [-0.2, -0.15) is 0 Å². The molecule has 20 heavy (non-hydrogen) atoms. The van der Waals surface area contributed by atoms with Gasteiger partial charge in [-0.3, -0.25) is 9.69 Å². The molecule has 1 saturated heterocycles. The Kier molecular flexibility index (Phi) is 4.02. The lowest BCUT2D eigenvalue weighted by atomic mass is 9.95. The third-order valence-electron chi connectivity index (χ3n) is 5.23. The molecule has 2 saturated carbocycles. The van der Waals surface area contributed by atoms with Crippen molar-refractivity contribution in [1.82, 2.24) is 10.2 Å². The highest BCUT2D eigenvalue weighted by atomic mass is 16.5. The van der Waals surface area contributed by atoms with Crippen molar-refractivity contribution in [2.24, 2.45) is 5.73 Å². The van der Waals surface area contributed by atoms with Crippen LogP contribution in [0.5, 0.6) is 0 Å². The fourth-order valence-corrected chi connectivity index (χ4v) is 3.85. The lowest BCUT2D eigenvalue weighted by Crippen LogP contribution is -2.56. The zero-order valence-electron chi connectivity index (χ0n) is 12.4. The van der Waals surface area contributed by atoms with Crippen LogP contribution in [0.2, 0.25) is 0 Å². The lowest BCUT2D eigenvalue weighted by Gasteiger charge is -2.40. The Bertz CT molecular complexity index is 372. The summed E-state index contributed by atoms with van der Waals surface area (Å²) in [5.41, 5.74) is 5.27. The number of carbonyl (C=O) groups excluding carboxylic acids is 1. The fourth-order valence-electron chi connectivity index (χ4n) is 3.85. The van der Waals surface area contributed by atoms with Gasteiger partial charge in [0.25, 0.3) is 0 Å². The number of nitrogens with one attached hydrogen (secondary N) is 1. The fraction of sp³-hybridized carbons (Fsp3) is 0.933. The van der Waals surface area contributed by atoms with Gasteiger partial charge in [-0.1, -0.05) is 6.92 Å². The second-order valence-electron chi connectivity index (χ2n) is 6.64. The number of hydrogen-bond donors (Lipinski definition) is 2.